The lowest BCUT2D eigenvalue weighted by molar-refractivity contribution is -0.118. The molecule has 0 saturated heterocycles. The number of carbonyl (C=O) groups excluding carboxylic acids is 2. The Bertz CT molecular complexity index is 1380. The molecule has 0 bridgehead atoms. The van der Waals surface area contributed by atoms with Crippen molar-refractivity contribution in [1.29, 1.82) is 5.26 Å². The van der Waals surface area contributed by atoms with E-state index in [0.29, 0.717) is 32.9 Å². The van der Waals surface area contributed by atoms with Crippen molar-refractivity contribution in [2.75, 3.05) is 24.4 Å². The second-order valence-corrected chi connectivity index (χ2v) is 9.02. The van der Waals surface area contributed by atoms with Gasteiger partial charge >= 0.3 is 0 Å². The number of anilines is 2. The van der Waals surface area contributed by atoms with Crippen molar-refractivity contribution < 1.29 is 19.1 Å². The van der Waals surface area contributed by atoms with Crippen LogP contribution in [0.15, 0.2) is 64.6 Å². The molecule has 0 aliphatic heterocycles. The maximum atomic E-state index is 12.6. The molecule has 3 aromatic rings. The van der Waals surface area contributed by atoms with Crippen LogP contribution in [0.2, 0.25) is 0 Å². The van der Waals surface area contributed by atoms with Crippen molar-refractivity contribution in [3.05, 3.63) is 86.9 Å². The van der Waals surface area contributed by atoms with E-state index in [1.807, 2.05) is 63.2 Å². The van der Waals surface area contributed by atoms with Crippen LogP contribution < -0.4 is 20.1 Å². The summed E-state index contributed by atoms with van der Waals surface area (Å²) in [4.78, 5) is 25.0. The molecule has 8 heteroatoms. The van der Waals surface area contributed by atoms with E-state index in [-0.39, 0.29) is 18.1 Å². The molecule has 3 rings (SSSR count). The summed E-state index contributed by atoms with van der Waals surface area (Å²) in [5.74, 6) is -0.184. The Morgan fingerprint density at radius 2 is 1.75 bits per heavy atom. The van der Waals surface area contributed by atoms with E-state index in [9.17, 15) is 14.9 Å². The third-order valence-corrected chi connectivity index (χ3v) is 5.93. The highest BCUT2D eigenvalue weighted by Gasteiger charge is 2.15. The van der Waals surface area contributed by atoms with Crippen molar-refractivity contribution in [2.24, 2.45) is 0 Å². The fourth-order valence-corrected chi connectivity index (χ4v) is 3.93. The van der Waals surface area contributed by atoms with Gasteiger partial charge in [-0.25, -0.2) is 0 Å². The monoisotopic (exact) mass is 547 g/mol. The largest absolute Gasteiger partial charge is 0.493 e. The Balaban J connectivity index is 1.73. The van der Waals surface area contributed by atoms with Crippen LogP contribution in [-0.4, -0.2) is 25.5 Å². The summed E-state index contributed by atoms with van der Waals surface area (Å²) in [7, 11) is 1.47. The lowest BCUT2D eigenvalue weighted by Gasteiger charge is -2.14. The molecule has 3 aromatic carbocycles. The molecule has 36 heavy (non-hydrogen) atoms. The van der Waals surface area contributed by atoms with Gasteiger partial charge in [0.05, 0.1) is 11.6 Å². The van der Waals surface area contributed by atoms with Crippen LogP contribution in [0.3, 0.4) is 0 Å². The Labute approximate surface area is 218 Å². The Morgan fingerprint density at radius 1 is 1.00 bits per heavy atom. The number of nitrogens with one attached hydrogen (secondary N) is 2. The molecule has 184 valence electrons. The van der Waals surface area contributed by atoms with Crippen LogP contribution in [0.1, 0.15) is 22.3 Å². The molecule has 7 nitrogen and oxygen atoms in total. The lowest BCUT2D eigenvalue weighted by Crippen LogP contribution is -2.20. The van der Waals surface area contributed by atoms with Crippen LogP contribution in [0.5, 0.6) is 11.5 Å². The zero-order valence-electron chi connectivity index (χ0n) is 20.4. The number of hydrogen-bond donors (Lipinski definition) is 2. The number of amides is 2. The molecule has 0 heterocycles. The van der Waals surface area contributed by atoms with Crippen LogP contribution in [0, 0.1) is 32.1 Å². The van der Waals surface area contributed by atoms with E-state index in [4.69, 9.17) is 9.47 Å². The maximum absolute atomic E-state index is 12.6. The second-order valence-electron chi connectivity index (χ2n) is 8.16. The number of ether oxygens (including phenoxy) is 2. The molecule has 0 fully saturated rings. The number of benzene rings is 3. The molecule has 2 N–H and O–H groups in total. The van der Waals surface area contributed by atoms with Gasteiger partial charge in [-0.1, -0.05) is 18.2 Å². The quantitative estimate of drug-likeness (QED) is 0.268. The van der Waals surface area contributed by atoms with E-state index in [0.717, 1.165) is 16.7 Å². The minimum absolute atomic E-state index is 0.0769. The summed E-state index contributed by atoms with van der Waals surface area (Å²) in [6.07, 6.45) is 1.45. The van der Waals surface area contributed by atoms with E-state index in [2.05, 4.69) is 26.6 Å². The van der Waals surface area contributed by atoms with Gasteiger partial charge in [0.25, 0.3) is 11.8 Å². The normalized spacial score (nSPS) is 10.8. The molecular formula is C28H26BrN3O4. The summed E-state index contributed by atoms with van der Waals surface area (Å²) in [5.41, 5.74) is 4.95. The third-order valence-electron chi connectivity index (χ3n) is 5.34. The van der Waals surface area contributed by atoms with Gasteiger partial charge in [-0.3, -0.25) is 9.59 Å². The SMILES string of the molecule is COc1cc(/C=C(\C#N)C(=O)Nc2cccc(C)c2)cc(Br)c1OCC(=O)Nc1ccc(C)c(C)c1. The Hall–Kier alpha value is -4.09. The van der Waals surface area contributed by atoms with Gasteiger partial charge in [-0.05, 0) is 101 Å². The molecule has 0 radical (unpaired) electrons. The van der Waals surface area contributed by atoms with Crippen molar-refractivity contribution in [1.82, 2.24) is 0 Å². The zero-order valence-corrected chi connectivity index (χ0v) is 22.0. The fraction of sp³-hybridized carbons (Fsp3) is 0.179. The van der Waals surface area contributed by atoms with E-state index >= 15 is 0 Å². The molecule has 0 aliphatic carbocycles. The molecule has 0 atom stereocenters. The van der Waals surface area contributed by atoms with Crippen LogP contribution in [0.4, 0.5) is 11.4 Å². The topological polar surface area (TPSA) is 100 Å². The number of methoxy groups -OCH3 is 1. The van der Waals surface area contributed by atoms with Gasteiger partial charge in [0.15, 0.2) is 18.1 Å². The molecule has 0 aliphatic rings. The minimum atomic E-state index is -0.526. The number of aryl methyl sites for hydroxylation is 3. The van der Waals surface area contributed by atoms with Gasteiger partial charge in [0.2, 0.25) is 0 Å². The summed E-state index contributed by atoms with van der Waals surface area (Å²) >= 11 is 3.43. The molecule has 0 spiro atoms. The number of carbonyl (C=O) groups is 2. The first-order valence-corrected chi connectivity index (χ1v) is 11.9. The van der Waals surface area contributed by atoms with Gasteiger partial charge < -0.3 is 20.1 Å². The van der Waals surface area contributed by atoms with Gasteiger partial charge in [-0.15, -0.1) is 0 Å². The molecule has 0 saturated carbocycles. The predicted octanol–water partition coefficient (Wildman–Crippen LogP) is 5.95. The third kappa shape index (κ3) is 6.96. The number of nitrogens with zero attached hydrogens (tertiary/aromatic N) is 1. The van der Waals surface area contributed by atoms with Crippen LogP contribution in [-0.2, 0) is 9.59 Å². The Morgan fingerprint density at radius 3 is 2.42 bits per heavy atom. The molecular weight excluding hydrogens is 522 g/mol. The minimum Gasteiger partial charge on any atom is -0.493 e. The average Bonchev–Trinajstić information content (AvgIpc) is 2.83. The highest BCUT2D eigenvalue weighted by Crippen LogP contribution is 2.37. The predicted molar refractivity (Wildman–Crippen MR) is 144 cm³/mol. The lowest BCUT2D eigenvalue weighted by atomic mass is 10.1. The van der Waals surface area contributed by atoms with Crippen molar-refractivity contribution in [2.45, 2.75) is 20.8 Å². The molecule has 0 aromatic heterocycles. The van der Waals surface area contributed by atoms with Crippen molar-refractivity contribution in [3.63, 3.8) is 0 Å². The number of nitriles is 1. The Kier molecular flexibility index (Phi) is 8.87. The summed E-state index contributed by atoms with van der Waals surface area (Å²) in [5, 5.41) is 15.1. The summed E-state index contributed by atoms with van der Waals surface area (Å²) in [6.45, 7) is 5.66. The number of halogens is 1. The first-order chi connectivity index (χ1) is 17.2. The summed E-state index contributed by atoms with van der Waals surface area (Å²) < 4.78 is 11.7. The van der Waals surface area contributed by atoms with E-state index in [1.165, 1.54) is 13.2 Å². The fourth-order valence-electron chi connectivity index (χ4n) is 3.35. The van der Waals surface area contributed by atoms with Gasteiger partial charge in [0.1, 0.15) is 11.6 Å². The number of hydrogen-bond acceptors (Lipinski definition) is 5. The first-order valence-electron chi connectivity index (χ1n) is 11.1. The smallest absolute Gasteiger partial charge is 0.266 e. The highest BCUT2D eigenvalue weighted by molar-refractivity contribution is 9.10. The van der Waals surface area contributed by atoms with Crippen LogP contribution in [0.25, 0.3) is 6.08 Å². The van der Waals surface area contributed by atoms with E-state index in [1.54, 1.807) is 18.2 Å². The van der Waals surface area contributed by atoms with Gasteiger partial charge in [0, 0.05) is 11.4 Å². The average molecular weight is 548 g/mol. The highest BCUT2D eigenvalue weighted by atomic mass is 79.9. The zero-order chi connectivity index (χ0) is 26.2. The standard InChI is InChI=1S/C28H26BrN3O4/c1-17-6-5-7-22(10-17)32-28(34)21(15-30)12-20-13-24(29)27(25(14-20)35-4)36-16-26(33)31-23-9-8-18(2)19(3)11-23/h5-14H,16H2,1-4H3,(H,31,33)(H,32,34)/b21-12+. The molecule has 0 unspecified atom stereocenters. The molecule has 2 amide bonds. The number of rotatable bonds is 8. The van der Waals surface area contributed by atoms with Crippen LogP contribution >= 0.6 is 15.9 Å². The van der Waals surface area contributed by atoms with E-state index < -0.39 is 5.91 Å². The first kappa shape index (κ1) is 26.5. The van der Waals surface area contributed by atoms with Gasteiger partial charge in [-0.2, -0.15) is 5.26 Å². The summed E-state index contributed by atoms with van der Waals surface area (Å²) in [6, 6.07) is 18.2. The maximum Gasteiger partial charge on any atom is 0.266 e. The van der Waals surface area contributed by atoms with Crippen molar-refractivity contribution in [3.8, 4) is 17.6 Å². The van der Waals surface area contributed by atoms with Crippen molar-refractivity contribution >= 4 is 45.2 Å². The second kappa shape index (κ2) is 12.0.